The van der Waals surface area contributed by atoms with Gasteiger partial charge in [0.2, 0.25) is 5.91 Å². The van der Waals surface area contributed by atoms with Gasteiger partial charge in [0, 0.05) is 19.3 Å². The molecule has 3 heteroatoms. The molecule has 0 radical (unpaired) electrons. The Morgan fingerprint density at radius 1 is 0.783 bits per heavy atom. The van der Waals surface area contributed by atoms with Crippen molar-refractivity contribution in [3.63, 3.8) is 0 Å². The molecule has 0 unspecified atom stereocenters. The predicted octanol–water partition coefficient (Wildman–Crippen LogP) is 3.43. The minimum absolute atomic E-state index is 0.333. The second kappa shape index (κ2) is 17.7. The molecule has 0 rings (SSSR count). The number of amides is 1. The molecule has 0 aromatic rings. The van der Waals surface area contributed by atoms with Crippen molar-refractivity contribution in [2.24, 2.45) is 0 Å². The molecule has 0 spiro atoms. The summed E-state index contributed by atoms with van der Waals surface area (Å²) in [6, 6.07) is 0. The summed E-state index contributed by atoms with van der Waals surface area (Å²) < 4.78 is 0. The summed E-state index contributed by atoms with van der Waals surface area (Å²) in [5, 5.41) is 8.31. The van der Waals surface area contributed by atoms with Crippen molar-refractivity contribution in [2.45, 2.75) is 71.1 Å². The van der Waals surface area contributed by atoms with Gasteiger partial charge in [0.25, 0.3) is 0 Å². The fraction of sp³-hybridized carbons (Fsp3) is 0.550. The van der Waals surface area contributed by atoms with Crippen LogP contribution in [0.1, 0.15) is 71.1 Å². The first-order valence-electron chi connectivity index (χ1n) is 8.07. The van der Waals surface area contributed by atoms with Gasteiger partial charge in [0.05, 0.1) is 19.3 Å². The summed E-state index contributed by atoms with van der Waals surface area (Å²) in [6.07, 6.45) is 7.69. The van der Waals surface area contributed by atoms with Crippen molar-refractivity contribution < 1.29 is 10.0 Å². The molecule has 0 aliphatic carbocycles. The van der Waals surface area contributed by atoms with Gasteiger partial charge in [-0.15, -0.1) is 11.8 Å². The number of nitrogens with one attached hydrogen (secondary N) is 1. The highest BCUT2D eigenvalue weighted by Crippen LogP contribution is 1.98. The maximum absolute atomic E-state index is 10.7. The Labute approximate surface area is 140 Å². The van der Waals surface area contributed by atoms with Gasteiger partial charge in [-0.05, 0) is 19.3 Å². The number of carbonyl (C=O) groups excluding carboxylic acids is 1. The first-order chi connectivity index (χ1) is 11.3. The van der Waals surface area contributed by atoms with E-state index < -0.39 is 0 Å². The van der Waals surface area contributed by atoms with Crippen LogP contribution in [0.3, 0.4) is 0 Å². The summed E-state index contributed by atoms with van der Waals surface area (Å²) >= 11 is 0. The average molecular weight is 311 g/mol. The van der Waals surface area contributed by atoms with Gasteiger partial charge in [0.1, 0.15) is 0 Å². The maximum Gasteiger partial charge on any atom is 0.243 e. The molecule has 0 aromatic carbocycles. The summed E-state index contributed by atoms with van der Waals surface area (Å²) in [6.45, 7) is 2.16. The molecule has 0 aromatic heterocycles. The Balaban J connectivity index is 3.58. The molecule has 0 saturated carbocycles. The minimum atomic E-state index is -0.350. The third-order valence-electron chi connectivity index (χ3n) is 2.77. The number of rotatable bonds is 6. The monoisotopic (exact) mass is 311 g/mol. The highest BCUT2D eigenvalue weighted by atomic mass is 16.5. The molecule has 0 aliphatic heterocycles. The van der Waals surface area contributed by atoms with Gasteiger partial charge in [0.15, 0.2) is 0 Å². The second-order valence-electron chi connectivity index (χ2n) is 4.79. The van der Waals surface area contributed by atoms with E-state index in [0.717, 1.165) is 32.1 Å². The van der Waals surface area contributed by atoms with Crippen LogP contribution in [0.15, 0.2) is 0 Å². The number of hydrogen-bond acceptors (Lipinski definition) is 2. The van der Waals surface area contributed by atoms with Crippen molar-refractivity contribution in [3.8, 4) is 47.4 Å². The second-order valence-corrected chi connectivity index (χ2v) is 4.79. The molecule has 1 amide bonds. The average Bonchev–Trinajstić information content (AvgIpc) is 2.57. The fourth-order valence-corrected chi connectivity index (χ4v) is 1.50. The zero-order valence-corrected chi connectivity index (χ0v) is 13.9. The topological polar surface area (TPSA) is 49.3 Å². The van der Waals surface area contributed by atoms with Crippen molar-refractivity contribution in [1.29, 1.82) is 0 Å². The molecule has 0 bridgehead atoms. The zero-order chi connectivity index (χ0) is 17.0. The molecule has 0 saturated heterocycles. The Kier molecular flexibility index (Phi) is 15.9. The summed E-state index contributed by atoms with van der Waals surface area (Å²) in [4.78, 5) is 10.7. The SMILES string of the molecule is CCCCC#CCC#CCC#CCC#CCCCCC(=O)NO. The number of unbranched alkanes of at least 4 members (excludes halogenated alkanes) is 4. The Morgan fingerprint density at radius 3 is 1.74 bits per heavy atom. The van der Waals surface area contributed by atoms with Crippen LogP contribution in [0.2, 0.25) is 0 Å². The smallest absolute Gasteiger partial charge is 0.243 e. The Bertz CT molecular complexity index is 562. The van der Waals surface area contributed by atoms with Crippen LogP contribution in [0.4, 0.5) is 0 Å². The molecule has 23 heavy (non-hydrogen) atoms. The minimum Gasteiger partial charge on any atom is -0.289 e. The van der Waals surface area contributed by atoms with Crippen LogP contribution in [0, 0.1) is 47.4 Å². The van der Waals surface area contributed by atoms with Crippen molar-refractivity contribution in [1.82, 2.24) is 5.48 Å². The van der Waals surface area contributed by atoms with Gasteiger partial charge in [-0.25, -0.2) is 5.48 Å². The van der Waals surface area contributed by atoms with Crippen LogP contribution < -0.4 is 5.48 Å². The lowest BCUT2D eigenvalue weighted by Crippen LogP contribution is -2.17. The van der Waals surface area contributed by atoms with Crippen LogP contribution in [-0.4, -0.2) is 11.1 Å². The number of hydrogen-bond donors (Lipinski definition) is 2. The molecule has 3 nitrogen and oxygen atoms in total. The molecule has 0 aliphatic rings. The third kappa shape index (κ3) is 17.6. The maximum atomic E-state index is 10.7. The molecule has 2 N–H and O–H groups in total. The lowest BCUT2D eigenvalue weighted by Gasteiger charge is -1.95. The molecule has 0 atom stereocenters. The van der Waals surface area contributed by atoms with Gasteiger partial charge in [-0.2, -0.15) is 0 Å². The predicted molar refractivity (Wildman–Crippen MR) is 92.9 cm³/mol. The Morgan fingerprint density at radius 2 is 1.26 bits per heavy atom. The highest BCUT2D eigenvalue weighted by molar-refractivity contribution is 5.74. The first-order valence-corrected chi connectivity index (χ1v) is 8.07. The lowest BCUT2D eigenvalue weighted by molar-refractivity contribution is -0.129. The zero-order valence-electron chi connectivity index (χ0n) is 13.9. The van der Waals surface area contributed by atoms with Gasteiger partial charge >= 0.3 is 0 Å². The van der Waals surface area contributed by atoms with Gasteiger partial charge in [-0.1, -0.05) is 48.9 Å². The van der Waals surface area contributed by atoms with Gasteiger partial charge in [-0.3, -0.25) is 10.0 Å². The quantitative estimate of drug-likeness (QED) is 0.342. The highest BCUT2D eigenvalue weighted by Gasteiger charge is 1.96. The summed E-state index contributed by atoms with van der Waals surface area (Å²) in [7, 11) is 0. The molecule has 122 valence electrons. The van der Waals surface area contributed by atoms with E-state index in [-0.39, 0.29) is 5.91 Å². The summed E-state index contributed by atoms with van der Waals surface area (Å²) in [5.41, 5.74) is 1.61. The van der Waals surface area contributed by atoms with E-state index in [0.29, 0.717) is 25.7 Å². The van der Waals surface area contributed by atoms with Crippen molar-refractivity contribution in [3.05, 3.63) is 0 Å². The van der Waals surface area contributed by atoms with E-state index in [9.17, 15) is 4.79 Å². The van der Waals surface area contributed by atoms with Crippen LogP contribution in [-0.2, 0) is 4.79 Å². The normalized spacial score (nSPS) is 8.09. The van der Waals surface area contributed by atoms with Crippen molar-refractivity contribution in [2.75, 3.05) is 0 Å². The number of carbonyl (C=O) groups is 1. The lowest BCUT2D eigenvalue weighted by atomic mass is 10.2. The van der Waals surface area contributed by atoms with E-state index in [1.54, 1.807) is 5.48 Å². The molecular formula is C20H25NO2. The standard InChI is InChI=1S/C20H25NO2/c1-2-3-4-5-6-7-8-9-10-11-12-13-14-15-16-17-18-19-20(22)21-23/h23H,2-4,7,10,13,16-19H2,1H3,(H,21,22). The van der Waals surface area contributed by atoms with Crippen LogP contribution in [0.5, 0.6) is 0 Å². The van der Waals surface area contributed by atoms with E-state index in [4.69, 9.17) is 5.21 Å². The van der Waals surface area contributed by atoms with Crippen LogP contribution in [0.25, 0.3) is 0 Å². The fourth-order valence-electron chi connectivity index (χ4n) is 1.50. The molecule has 0 fully saturated rings. The third-order valence-corrected chi connectivity index (χ3v) is 2.77. The first kappa shape index (κ1) is 20.7. The van der Waals surface area contributed by atoms with E-state index in [1.165, 1.54) is 6.42 Å². The Hall–Kier alpha value is -2.33. The summed E-state index contributed by atoms with van der Waals surface area (Å²) in [5.74, 6) is 23.7. The van der Waals surface area contributed by atoms with Crippen LogP contribution >= 0.6 is 0 Å². The van der Waals surface area contributed by atoms with E-state index in [1.807, 2.05) is 0 Å². The largest absolute Gasteiger partial charge is 0.289 e. The van der Waals surface area contributed by atoms with E-state index in [2.05, 4.69) is 54.3 Å². The van der Waals surface area contributed by atoms with E-state index >= 15 is 0 Å². The molecular weight excluding hydrogens is 286 g/mol. The van der Waals surface area contributed by atoms with Crippen molar-refractivity contribution >= 4 is 5.91 Å². The van der Waals surface area contributed by atoms with Gasteiger partial charge < -0.3 is 0 Å². The molecule has 0 heterocycles. The number of hydroxylamine groups is 1.